The van der Waals surface area contributed by atoms with Crippen LogP contribution in [0.4, 0.5) is 0 Å². The van der Waals surface area contributed by atoms with Gasteiger partial charge in [0.25, 0.3) is 0 Å². The average molecular weight is 285 g/mol. The van der Waals surface area contributed by atoms with E-state index in [9.17, 15) is 9.59 Å². The highest BCUT2D eigenvalue weighted by Crippen LogP contribution is 2.15. The Bertz CT molecular complexity index is 399. The third-order valence-electron chi connectivity index (χ3n) is 2.21. The first-order valence-electron chi connectivity index (χ1n) is 4.89. The van der Waals surface area contributed by atoms with Crippen LogP contribution in [0.5, 0.6) is 0 Å². The van der Waals surface area contributed by atoms with Gasteiger partial charge in [-0.15, -0.1) is 0 Å². The number of benzene rings is 1. The van der Waals surface area contributed by atoms with Gasteiger partial charge >= 0.3 is 5.97 Å². The Morgan fingerprint density at radius 2 is 2.00 bits per heavy atom. The van der Waals surface area contributed by atoms with Crippen LogP contribution in [0.3, 0.4) is 0 Å². The molecule has 86 valence electrons. The molecule has 1 aromatic carbocycles. The number of ether oxygens (including phenoxy) is 1. The molecule has 16 heavy (non-hydrogen) atoms. The van der Waals surface area contributed by atoms with Crippen molar-refractivity contribution in [3.63, 3.8) is 0 Å². The maximum atomic E-state index is 11.8. The van der Waals surface area contributed by atoms with Gasteiger partial charge in [0.15, 0.2) is 5.78 Å². The smallest absolute Gasteiger partial charge is 0.310 e. The van der Waals surface area contributed by atoms with Crippen LogP contribution in [0.15, 0.2) is 24.3 Å². The fourth-order valence-electron chi connectivity index (χ4n) is 1.36. The zero-order chi connectivity index (χ0) is 12.1. The quantitative estimate of drug-likeness (QED) is 0.484. The molecule has 0 saturated carbocycles. The van der Waals surface area contributed by atoms with E-state index in [4.69, 9.17) is 0 Å². The van der Waals surface area contributed by atoms with E-state index in [0.717, 1.165) is 0 Å². The summed E-state index contributed by atoms with van der Waals surface area (Å²) in [6, 6.07) is 7.06. The van der Waals surface area contributed by atoms with Gasteiger partial charge < -0.3 is 4.74 Å². The Balaban J connectivity index is 3.00. The van der Waals surface area contributed by atoms with Crippen LogP contribution in [0, 0.1) is 0 Å². The second-order valence-corrected chi connectivity index (χ2v) is 4.76. The SMILES string of the molecule is COC(=O)Cc1ccccc1C(=O)[C@@H](C)Br. The highest BCUT2D eigenvalue weighted by molar-refractivity contribution is 9.10. The summed E-state index contributed by atoms with van der Waals surface area (Å²) in [7, 11) is 1.33. The number of rotatable bonds is 4. The number of alkyl halides is 1. The third kappa shape index (κ3) is 3.17. The zero-order valence-corrected chi connectivity index (χ0v) is 10.8. The lowest BCUT2D eigenvalue weighted by molar-refractivity contribution is -0.139. The summed E-state index contributed by atoms with van der Waals surface area (Å²) in [5, 5.41) is 0. The molecule has 0 aromatic heterocycles. The monoisotopic (exact) mass is 284 g/mol. The predicted octanol–water partition coefficient (Wildman–Crippen LogP) is 2.37. The van der Waals surface area contributed by atoms with Crippen molar-refractivity contribution in [2.24, 2.45) is 0 Å². The van der Waals surface area contributed by atoms with Crippen molar-refractivity contribution in [3.05, 3.63) is 35.4 Å². The Morgan fingerprint density at radius 1 is 1.38 bits per heavy atom. The van der Waals surface area contributed by atoms with Gasteiger partial charge in [0.2, 0.25) is 0 Å². The molecule has 3 nitrogen and oxygen atoms in total. The fourth-order valence-corrected chi connectivity index (χ4v) is 1.60. The van der Waals surface area contributed by atoms with Gasteiger partial charge in [0.05, 0.1) is 18.4 Å². The highest BCUT2D eigenvalue weighted by Gasteiger charge is 2.17. The van der Waals surface area contributed by atoms with Crippen LogP contribution in [-0.2, 0) is 16.0 Å². The minimum absolute atomic E-state index is 0.0282. The average Bonchev–Trinajstić information content (AvgIpc) is 2.28. The van der Waals surface area contributed by atoms with E-state index in [1.165, 1.54) is 7.11 Å². The standard InChI is InChI=1S/C12H13BrO3/c1-8(13)12(15)10-6-4-3-5-9(10)7-11(14)16-2/h3-6,8H,7H2,1-2H3/t8-/m1/s1. The first-order valence-corrected chi connectivity index (χ1v) is 5.80. The third-order valence-corrected chi connectivity index (χ3v) is 2.62. The number of hydrogen-bond acceptors (Lipinski definition) is 3. The molecule has 4 heteroatoms. The van der Waals surface area contributed by atoms with Gasteiger partial charge in [-0.3, -0.25) is 9.59 Å². The van der Waals surface area contributed by atoms with Gasteiger partial charge in [0.1, 0.15) is 0 Å². The maximum absolute atomic E-state index is 11.8. The van der Waals surface area contributed by atoms with E-state index < -0.39 is 0 Å². The topological polar surface area (TPSA) is 43.4 Å². The van der Waals surface area contributed by atoms with Crippen molar-refractivity contribution in [1.29, 1.82) is 0 Å². The van der Waals surface area contributed by atoms with E-state index in [-0.39, 0.29) is 23.0 Å². The summed E-state index contributed by atoms with van der Waals surface area (Å²) in [4.78, 5) is 22.8. The van der Waals surface area contributed by atoms with Gasteiger partial charge in [-0.2, -0.15) is 0 Å². The lowest BCUT2D eigenvalue weighted by Crippen LogP contribution is -2.15. The van der Waals surface area contributed by atoms with Crippen LogP contribution < -0.4 is 0 Å². The van der Waals surface area contributed by atoms with Crippen LogP contribution in [-0.4, -0.2) is 23.7 Å². The molecule has 0 saturated heterocycles. The molecule has 1 rings (SSSR count). The molecule has 0 N–H and O–H groups in total. The van der Waals surface area contributed by atoms with E-state index in [1.807, 2.05) is 0 Å². The van der Waals surface area contributed by atoms with Crippen molar-refractivity contribution in [3.8, 4) is 0 Å². The van der Waals surface area contributed by atoms with Crippen molar-refractivity contribution in [2.45, 2.75) is 18.2 Å². The Hall–Kier alpha value is -1.16. The molecule has 0 aliphatic rings. The first-order chi connectivity index (χ1) is 7.56. The first kappa shape index (κ1) is 12.9. The van der Waals surface area contributed by atoms with Crippen molar-refractivity contribution in [2.75, 3.05) is 7.11 Å². The maximum Gasteiger partial charge on any atom is 0.310 e. The van der Waals surface area contributed by atoms with Gasteiger partial charge in [0, 0.05) is 5.56 Å². The predicted molar refractivity (Wildman–Crippen MR) is 64.9 cm³/mol. The number of carbonyl (C=O) groups excluding carboxylic acids is 2. The number of ketones is 1. The number of hydrogen-bond donors (Lipinski definition) is 0. The highest BCUT2D eigenvalue weighted by atomic mass is 79.9. The normalized spacial score (nSPS) is 11.9. The molecule has 0 aliphatic heterocycles. The summed E-state index contributed by atoms with van der Waals surface area (Å²) < 4.78 is 4.59. The summed E-state index contributed by atoms with van der Waals surface area (Å²) in [5.74, 6) is -0.373. The molecule has 1 atom stereocenters. The summed E-state index contributed by atoms with van der Waals surface area (Å²) in [6.07, 6.45) is 0.123. The zero-order valence-electron chi connectivity index (χ0n) is 9.20. The van der Waals surface area contributed by atoms with E-state index in [1.54, 1.807) is 31.2 Å². The Kier molecular flexibility index (Phi) is 4.68. The minimum Gasteiger partial charge on any atom is -0.469 e. The lowest BCUT2D eigenvalue weighted by atomic mass is 10.00. The van der Waals surface area contributed by atoms with Crippen molar-refractivity contribution >= 4 is 27.7 Å². The molecular weight excluding hydrogens is 272 g/mol. The summed E-state index contributed by atoms with van der Waals surface area (Å²) >= 11 is 3.23. The molecule has 0 aliphatic carbocycles. The number of esters is 1. The van der Waals surface area contributed by atoms with Crippen LogP contribution in [0.1, 0.15) is 22.8 Å². The molecule has 0 heterocycles. The Labute approximate surface area is 103 Å². The summed E-state index contributed by atoms with van der Waals surface area (Å²) in [5.41, 5.74) is 1.27. The van der Waals surface area contributed by atoms with Crippen molar-refractivity contribution in [1.82, 2.24) is 0 Å². The van der Waals surface area contributed by atoms with Gasteiger partial charge in [-0.05, 0) is 12.5 Å². The van der Waals surface area contributed by atoms with Gasteiger partial charge in [-0.1, -0.05) is 40.2 Å². The number of methoxy groups -OCH3 is 1. The molecule has 0 radical (unpaired) electrons. The number of Topliss-reactive ketones (excluding diaryl/α,β-unsaturated/α-hetero) is 1. The molecule has 0 amide bonds. The summed E-state index contributed by atoms with van der Waals surface area (Å²) in [6.45, 7) is 1.76. The Morgan fingerprint density at radius 3 is 2.56 bits per heavy atom. The molecule has 0 unspecified atom stereocenters. The molecule has 1 aromatic rings. The van der Waals surface area contributed by atoms with Crippen molar-refractivity contribution < 1.29 is 14.3 Å². The van der Waals surface area contributed by atoms with E-state index in [0.29, 0.717) is 11.1 Å². The van der Waals surface area contributed by atoms with Crippen LogP contribution >= 0.6 is 15.9 Å². The van der Waals surface area contributed by atoms with Gasteiger partial charge in [-0.25, -0.2) is 0 Å². The number of halogens is 1. The number of carbonyl (C=O) groups is 2. The second kappa shape index (κ2) is 5.80. The minimum atomic E-state index is -0.345. The van der Waals surface area contributed by atoms with E-state index >= 15 is 0 Å². The molecule has 0 spiro atoms. The second-order valence-electron chi connectivity index (χ2n) is 3.39. The molecule has 0 fully saturated rings. The van der Waals surface area contributed by atoms with Crippen LogP contribution in [0.2, 0.25) is 0 Å². The van der Waals surface area contributed by atoms with Crippen LogP contribution in [0.25, 0.3) is 0 Å². The van der Waals surface area contributed by atoms with E-state index in [2.05, 4.69) is 20.7 Å². The lowest BCUT2D eigenvalue weighted by Gasteiger charge is -2.08. The molecule has 0 bridgehead atoms. The fraction of sp³-hybridized carbons (Fsp3) is 0.333. The largest absolute Gasteiger partial charge is 0.469 e. The molecular formula is C12H13BrO3.